The van der Waals surface area contributed by atoms with Crippen molar-refractivity contribution < 1.29 is 14.2 Å². The van der Waals surface area contributed by atoms with E-state index in [0.29, 0.717) is 16.2 Å². The summed E-state index contributed by atoms with van der Waals surface area (Å²) in [7, 11) is 0. The van der Waals surface area contributed by atoms with E-state index in [0.717, 1.165) is 19.8 Å². The van der Waals surface area contributed by atoms with Gasteiger partial charge in [0.15, 0.2) is 0 Å². The second kappa shape index (κ2) is 2.74. The average molecular weight is 288 g/mol. The van der Waals surface area contributed by atoms with Gasteiger partial charge in [0.05, 0.1) is 19.8 Å². The lowest BCUT2D eigenvalue weighted by atomic mass is 9.28. The van der Waals surface area contributed by atoms with E-state index in [4.69, 9.17) is 14.2 Å². The van der Waals surface area contributed by atoms with Gasteiger partial charge < -0.3 is 14.2 Å². The molecule has 3 aliphatic heterocycles. The maximum absolute atomic E-state index is 6.41. The molecule has 0 N–H and O–H groups in total. The van der Waals surface area contributed by atoms with Crippen LogP contribution in [0.25, 0.3) is 0 Å². The van der Waals surface area contributed by atoms with E-state index in [-0.39, 0.29) is 16.8 Å². The van der Waals surface area contributed by atoms with Gasteiger partial charge in [0, 0.05) is 16.2 Å². The van der Waals surface area contributed by atoms with Gasteiger partial charge in [-0.1, -0.05) is 19.3 Å². The fourth-order valence-corrected chi connectivity index (χ4v) is 8.24. The highest BCUT2D eigenvalue weighted by Crippen LogP contribution is 2.90. The lowest BCUT2D eigenvalue weighted by Gasteiger charge is -2.74. The normalized spacial score (nSPS) is 58.3. The summed E-state index contributed by atoms with van der Waals surface area (Å²) in [6.07, 6.45) is 12.3. The van der Waals surface area contributed by atoms with E-state index in [1.54, 1.807) is 0 Å². The van der Waals surface area contributed by atoms with Crippen LogP contribution in [-0.2, 0) is 14.2 Å². The maximum Gasteiger partial charge on any atom is 0.108 e. The summed E-state index contributed by atoms with van der Waals surface area (Å²) in [6.45, 7) is 3.00. The predicted octanol–water partition coefficient (Wildman–Crippen LogP) is 2.82. The summed E-state index contributed by atoms with van der Waals surface area (Å²) in [4.78, 5) is 0. The van der Waals surface area contributed by atoms with Crippen LogP contribution in [0.4, 0.5) is 0 Å². The predicted molar refractivity (Wildman–Crippen MR) is 74.9 cm³/mol. The molecule has 21 heavy (non-hydrogen) atoms. The molecule has 3 heterocycles. The van der Waals surface area contributed by atoms with Gasteiger partial charge >= 0.3 is 0 Å². The fraction of sp³-hybridized carbons (Fsp3) is 1.00. The van der Waals surface area contributed by atoms with Crippen LogP contribution in [0.15, 0.2) is 0 Å². The van der Waals surface area contributed by atoms with Crippen LogP contribution in [0.2, 0.25) is 0 Å². The van der Waals surface area contributed by atoms with Crippen molar-refractivity contribution >= 4 is 0 Å². The minimum absolute atomic E-state index is 0.143. The van der Waals surface area contributed by atoms with Crippen molar-refractivity contribution in [2.45, 2.75) is 74.6 Å². The van der Waals surface area contributed by atoms with Gasteiger partial charge in [-0.15, -0.1) is 0 Å². The Morgan fingerprint density at radius 3 is 0.762 bits per heavy atom. The third kappa shape index (κ3) is 0.737. The van der Waals surface area contributed by atoms with Crippen molar-refractivity contribution in [1.29, 1.82) is 0 Å². The lowest BCUT2D eigenvalue weighted by Crippen LogP contribution is -2.81. The Morgan fingerprint density at radius 1 is 0.429 bits per heavy atom. The molecular formula is C18H24O3. The molecule has 3 saturated heterocycles. The van der Waals surface area contributed by atoms with Gasteiger partial charge in [-0.3, -0.25) is 0 Å². The van der Waals surface area contributed by atoms with E-state index in [1.807, 2.05) is 0 Å². The minimum atomic E-state index is 0.143. The van der Waals surface area contributed by atoms with Crippen LogP contribution >= 0.6 is 0 Å². The zero-order chi connectivity index (χ0) is 13.6. The minimum Gasteiger partial charge on any atom is -0.368 e. The first-order chi connectivity index (χ1) is 10.2. The first-order valence-electron chi connectivity index (χ1n) is 9.16. The van der Waals surface area contributed by atoms with Crippen LogP contribution in [0.5, 0.6) is 0 Å². The number of hydrogen-bond donors (Lipinski definition) is 0. The zero-order valence-electron chi connectivity index (χ0n) is 12.7. The molecule has 0 aromatic carbocycles. The van der Waals surface area contributed by atoms with Gasteiger partial charge in [0.25, 0.3) is 0 Å². The van der Waals surface area contributed by atoms with E-state index in [9.17, 15) is 0 Å². The number of rotatable bonds is 0. The molecule has 0 amide bonds. The fourth-order valence-electron chi connectivity index (χ4n) is 8.24. The quantitative estimate of drug-likeness (QED) is 0.643. The van der Waals surface area contributed by atoms with Gasteiger partial charge in [0.2, 0.25) is 0 Å². The Hall–Kier alpha value is -0.120. The molecule has 0 radical (unpaired) electrons. The summed E-state index contributed by atoms with van der Waals surface area (Å²) in [5.74, 6) is 0. The van der Waals surface area contributed by atoms with Crippen molar-refractivity contribution in [3.8, 4) is 0 Å². The van der Waals surface area contributed by atoms with E-state index in [1.165, 1.54) is 57.8 Å². The molecule has 0 aromatic heterocycles. The summed E-state index contributed by atoms with van der Waals surface area (Å²) >= 11 is 0. The number of fused-ring (bicyclic) bond motifs is 6. The Kier molecular flexibility index (Phi) is 1.49. The first-order valence-corrected chi connectivity index (χ1v) is 9.16. The van der Waals surface area contributed by atoms with Crippen molar-refractivity contribution in [2.24, 2.45) is 16.2 Å². The standard InChI is InChI=1S/C18H24O3/c1-4-13(5-1)16(10-19-16)14(6-2-7-14)18(12-21-18)15(8-3-9-15)17(13)11-20-17/h1-12H2. The second-order valence-electron chi connectivity index (χ2n) is 9.15. The van der Waals surface area contributed by atoms with Gasteiger partial charge in [-0.05, 0) is 38.5 Å². The van der Waals surface area contributed by atoms with Crippen LogP contribution in [0.3, 0.4) is 0 Å². The van der Waals surface area contributed by atoms with Crippen molar-refractivity contribution in [3.05, 3.63) is 0 Å². The number of epoxide rings is 3. The van der Waals surface area contributed by atoms with Crippen LogP contribution in [-0.4, -0.2) is 36.6 Å². The monoisotopic (exact) mass is 288 g/mol. The van der Waals surface area contributed by atoms with Crippen LogP contribution in [0.1, 0.15) is 57.8 Å². The molecule has 7 aliphatic rings. The maximum atomic E-state index is 6.41. The highest BCUT2D eigenvalue weighted by Gasteiger charge is 2.99. The largest absolute Gasteiger partial charge is 0.368 e. The molecule has 0 bridgehead atoms. The molecule has 7 rings (SSSR count). The van der Waals surface area contributed by atoms with E-state index < -0.39 is 0 Å². The molecule has 6 spiro atoms. The Morgan fingerprint density at radius 2 is 0.667 bits per heavy atom. The third-order valence-corrected chi connectivity index (χ3v) is 9.56. The van der Waals surface area contributed by atoms with Crippen molar-refractivity contribution in [3.63, 3.8) is 0 Å². The Balaban J connectivity index is 1.53. The first kappa shape index (κ1) is 11.4. The molecule has 0 unspecified atom stereocenters. The molecule has 114 valence electrons. The van der Waals surface area contributed by atoms with Crippen molar-refractivity contribution in [1.82, 2.24) is 0 Å². The van der Waals surface area contributed by atoms with Crippen LogP contribution in [0, 0.1) is 16.2 Å². The number of ether oxygens (including phenoxy) is 3. The zero-order valence-corrected chi connectivity index (χ0v) is 12.7. The Labute approximate surface area is 125 Å². The van der Waals surface area contributed by atoms with Gasteiger partial charge in [0.1, 0.15) is 16.8 Å². The van der Waals surface area contributed by atoms with E-state index >= 15 is 0 Å². The molecule has 0 aromatic rings. The molecule has 4 aliphatic carbocycles. The molecule has 3 heteroatoms. The SMILES string of the molecule is C1CC2(C1)C1(CO1)C1(CCC1)C1(CO1)C1(CCC1)C21CO1. The average Bonchev–Trinajstić information content (AvgIpc) is 3.07. The van der Waals surface area contributed by atoms with Gasteiger partial charge in [-0.2, -0.15) is 0 Å². The van der Waals surface area contributed by atoms with E-state index in [2.05, 4.69) is 0 Å². The van der Waals surface area contributed by atoms with Gasteiger partial charge in [-0.25, -0.2) is 0 Å². The topological polar surface area (TPSA) is 37.6 Å². The molecule has 7 fully saturated rings. The smallest absolute Gasteiger partial charge is 0.108 e. The Bertz CT molecular complexity index is 450. The molecule has 0 atom stereocenters. The number of hydrogen-bond acceptors (Lipinski definition) is 3. The lowest BCUT2D eigenvalue weighted by molar-refractivity contribution is -0.291. The highest BCUT2D eigenvalue weighted by molar-refractivity contribution is 5.46. The van der Waals surface area contributed by atoms with Crippen molar-refractivity contribution in [2.75, 3.05) is 19.8 Å². The summed E-state index contributed by atoms with van der Waals surface area (Å²) < 4.78 is 19.2. The summed E-state index contributed by atoms with van der Waals surface area (Å²) in [5.41, 5.74) is 1.51. The molecule has 4 saturated carbocycles. The second-order valence-corrected chi connectivity index (χ2v) is 9.15. The summed E-state index contributed by atoms with van der Waals surface area (Å²) in [5, 5.41) is 0. The molecule has 3 nitrogen and oxygen atoms in total. The summed E-state index contributed by atoms with van der Waals surface area (Å²) in [6, 6.07) is 0. The van der Waals surface area contributed by atoms with Crippen LogP contribution < -0.4 is 0 Å². The molecular weight excluding hydrogens is 264 g/mol. The highest BCUT2D eigenvalue weighted by atomic mass is 16.6. The third-order valence-electron chi connectivity index (χ3n) is 9.56.